The molecule has 7 nitrogen and oxygen atoms in total. The summed E-state index contributed by atoms with van der Waals surface area (Å²) in [5.41, 5.74) is 1.27. The Balaban J connectivity index is 3.20. The van der Waals surface area contributed by atoms with Crippen LogP contribution in [0.3, 0.4) is 0 Å². The maximum absolute atomic E-state index is 12.3. The third-order valence-corrected chi connectivity index (χ3v) is 4.53. The summed E-state index contributed by atoms with van der Waals surface area (Å²) in [6, 6.07) is 2.79. The number of amides is 1. The van der Waals surface area contributed by atoms with Crippen molar-refractivity contribution in [3.63, 3.8) is 0 Å². The van der Waals surface area contributed by atoms with E-state index in [2.05, 4.69) is 0 Å². The quantitative estimate of drug-likeness (QED) is 0.826. The number of rotatable bonds is 5. The van der Waals surface area contributed by atoms with Gasteiger partial charge in [-0.15, -0.1) is 0 Å². The first-order chi connectivity index (χ1) is 9.95. The lowest BCUT2D eigenvalue weighted by Crippen LogP contribution is -2.34. The Kier molecular flexibility index (Phi) is 5.31. The summed E-state index contributed by atoms with van der Waals surface area (Å²) in [5, 5.41) is 14.0. The van der Waals surface area contributed by atoms with Gasteiger partial charge < -0.3 is 10.0 Å². The molecule has 0 aliphatic rings. The molecule has 3 N–H and O–H groups in total. The van der Waals surface area contributed by atoms with E-state index < -0.39 is 27.8 Å². The predicted octanol–water partition coefficient (Wildman–Crippen LogP) is 0.744. The Morgan fingerprint density at radius 2 is 1.86 bits per heavy atom. The van der Waals surface area contributed by atoms with Gasteiger partial charge in [0.05, 0.1) is 10.8 Å². The van der Waals surface area contributed by atoms with Gasteiger partial charge in [0.2, 0.25) is 10.0 Å². The van der Waals surface area contributed by atoms with E-state index in [4.69, 9.17) is 10.2 Å². The van der Waals surface area contributed by atoms with Gasteiger partial charge in [-0.2, -0.15) is 0 Å². The van der Waals surface area contributed by atoms with Crippen molar-refractivity contribution in [2.24, 2.45) is 11.1 Å². The number of aryl methyl sites for hydroxylation is 1. The van der Waals surface area contributed by atoms with Gasteiger partial charge in [-0.25, -0.2) is 13.6 Å². The average Bonchev–Trinajstić information content (AvgIpc) is 2.39. The van der Waals surface area contributed by atoms with Crippen LogP contribution in [-0.4, -0.2) is 43.9 Å². The lowest BCUT2D eigenvalue weighted by atomic mass is 10.0. The van der Waals surface area contributed by atoms with Crippen LogP contribution in [0.15, 0.2) is 17.0 Å². The molecule has 0 radical (unpaired) electrons. The smallest absolute Gasteiger partial charge is 0.308 e. The van der Waals surface area contributed by atoms with Crippen LogP contribution in [0, 0.1) is 19.8 Å². The van der Waals surface area contributed by atoms with Crippen molar-refractivity contribution < 1.29 is 23.1 Å². The summed E-state index contributed by atoms with van der Waals surface area (Å²) in [6.07, 6.45) is 0. The Morgan fingerprint density at radius 3 is 2.32 bits per heavy atom. The van der Waals surface area contributed by atoms with Gasteiger partial charge in [-0.3, -0.25) is 9.59 Å². The number of carboxylic acid groups (broad SMARTS) is 1. The highest BCUT2D eigenvalue weighted by Gasteiger charge is 2.22. The Labute approximate surface area is 129 Å². The number of carboxylic acids is 1. The zero-order valence-corrected chi connectivity index (χ0v) is 13.8. The monoisotopic (exact) mass is 328 g/mol. The highest BCUT2D eigenvalue weighted by atomic mass is 32.2. The maximum atomic E-state index is 12.3. The van der Waals surface area contributed by atoms with Crippen molar-refractivity contribution in [3.8, 4) is 0 Å². The molecule has 122 valence electrons. The summed E-state index contributed by atoms with van der Waals surface area (Å²) >= 11 is 0. The third-order valence-electron chi connectivity index (χ3n) is 3.49. The number of benzene rings is 1. The summed E-state index contributed by atoms with van der Waals surface area (Å²) in [4.78, 5) is 24.3. The highest BCUT2D eigenvalue weighted by Crippen LogP contribution is 2.21. The number of nitrogens with zero attached hydrogens (tertiary/aromatic N) is 1. The van der Waals surface area contributed by atoms with Crippen LogP contribution in [0.4, 0.5) is 0 Å². The minimum atomic E-state index is -3.94. The second kappa shape index (κ2) is 6.45. The van der Waals surface area contributed by atoms with E-state index in [1.54, 1.807) is 19.9 Å². The first-order valence-electron chi connectivity index (χ1n) is 6.57. The number of primary sulfonamides is 1. The topological polar surface area (TPSA) is 118 Å². The molecular formula is C14H20N2O5S. The zero-order chi connectivity index (χ0) is 17.2. The van der Waals surface area contributed by atoms with Crippen LogP contribution in [0.1, 0.15) is 28.4 Å². The minimum absolute atomic E-state index is 0.0196. The molecule has 0 heterocycles. The second-order valence-electron chi connectivity index (χ2n) is 5.39. The molecule has 0 fully saturated rings. The van der Waals surface area contributed by atoms with Crippen molar-refractivity contribution in [1.29, 1.82) is 0 Å². The minimum Gasteiger partial charge on any atom is -0.481 e. The molecule has 0 bridgehead atoms. The van der Waals surface area contributed by atoms with E-state index in [9.17, 15) is 18.0 Å². The van der Waals surface area contributed by atoms with Crippen LogP contribution in [-0.2, 0) is 14.8 Å². The van der Waals surface area contributed by atoms with E-state index in [1.807, 2.05) is 0 Å². The van der Waals surface area contributed by atoms with E-state index in [-0.39, 0.29) is 17.0 Å². The predicted molar refractivity (Wildman–Crippen MR) is 81.0 cm³/mol. The van der Waals surface area contributed by atoms with E-state index in [1.165, 1.54) is 24.9 Å². The van der Waals surface area contributed by atoms with Crippen LogP contribution in [0.2, 0.25) is 0 Å². The number of carbonyl (C=O) groups is 2. The molecule has 1 rings (SSSR count). The summed E-state index contributed by atoms with van der Waals surface area (Å²) in [6.45, 7) is 4.80. The molecule has 8 heteroatoms. The Bertz CT molecular complexity index is 712. The first kappa shape index (κ1) is 18.1. The largest absolute Gasteiger partial charge is 0.481 e. The summed E-state index contributed by atoms with van der Waals surface area (Å²) < 4.78 is 23.2. The van der Waals surface area contributed by atoms with Gasteiger partial charge in [-0.1, -0.05) is 6.92 Å². The fourth-order valence-electron chi connectivity index (χ4n) is 2.04. The van der Waals surface area contributed by atoms with Crippen molar-refractivity contribution in [2.75, 3.05) is 13.6 Å². The molecule has 1 aromatic carbocycles. The third kappa shape index (κ3) is 4.05. The average molecular weight is 328 g/mol. The first-order valence-corrected chi connectivity index (χ1v) is 8.12. The van der Waals surface area contributed by atoms with Crippen molar-refractivity contribution in [2.45, 2.75) is 25.7 Å². The molecule has 1 aromatic rings. The normalized spacial score (nSPS) is 12.8. The van der Waals surface area contributed by atoms with Gasteiger partial charge >= 0.3 is 5.97 Å². The van der Waals surface area contributed by atoms with Crippen LogP contribution < -0.4 is 5.14 Å². The van der Waals surface area contributed by atoms with Gasteiger partial charge in [-0.05, 0) is 37.1 Å². The van der Waals surface area contributed by atoms with Gasteiger partial charge in [0.25, 0.3) is 5.91 Å². The number of carbonyl (C=O) groups excluding carboxylic acids is 1. The van der Waals surface area contributed by atoms with Crippen LogP contribution in [0.25, 0.3) is 0 Å². The molecule has 0 saturated carbocycles. The number of sulfonamides is 1. The summed E-state index contributed by atoms with van der Waals surface area (Å²) in [7, 11) is -2.47. The summed E-state index contributed by atoms with van der Waals surface area (Å²) in [5.74, 6) is -2.19. The fourth-order valence-corrected chi connectivity index (χ4v) is 2.92. The lowest BCUT2D eigenvalue weighted by Gasteiger charge is -2.20. The van der Waals surface area contributed by atoms with Gasteiger partial charge in [0, 0.05) is 19.2 Å². The Morgan fingerprint density at radius 1 is 1.32 bits per heavy atom. The SMILES string of the molecule is Cc1cc(C(=O)N(C)CC(C)C(=O)O)cc(S(N)(=O)=O)c1C. The molecule has 0 aliphatic heterocycles. The zero-order valence-electron chi connectivity index (χ0n) is 13.0. The molecule has 0 saturated heterocycles. The van der Waals surface area contributed by atoms with Crippen LogP contribution in [0.5, 0.6) is 0 Å². The second-order valence-corrected chi connectivity index (χ2v) is 6.92. The number of nitrogens with two attached hydrogens (primary N) is 1. The number of hydrogen-bond acceptors (Lipinski definition) is 4. The lowest BCUT2D eigenvalue weighted by molar-refractivity contribution is -0.141. The molecule has 1 amide bonds. The van der Waals surface area contributed by atoms with Crippen molar-refractivity contribution in [1.82, 2.24) is 4.90 Å². The Hall–Kier alpha value is -1.93. The van der Waals surface area contributed by atoms with Gasteiger partial charge in [0.15, 0.2) is 0 Å². The number of hydrogen-bond donors (Lipinski definition) is 2. The molecule has 0 aromatic heterocycles. The standard InChI is InChI=1S/C14H20N2O5S/c1-8-5-11(6-12(10(8)3)22(15,20)21)13(17)16(4)7-9(2)14(18)19/h5-6,9H,7H2,1-4H3,(H,18,19)(H2,15,20,21). The molecular weight excluding hydrogens is 308 g/mol. The molecule has 1 unspecified atom stereocenters. The van der Waals surface area contributed by atoms with E-state index in [0.717, 1.165) is 0 Å². The molecule has 22 heavy (non-hydrogen) atoms. The molecule has 0 spiro atoms. The fraction of sp³-hybridized carbons (Fsp3) is 0.429. The van der Waals surface area contributed by atoms with Crippen molar-refractivity contribution in [3.05, 3.63) is 28.8 Å². The van der Waals surface area contributed by atoms with Crippen molar-refractivity contribution >= 4 is 21.9 Å². The van der Waals surface area contributed by atoms with Gasteiger partial charge in [0.1, 0.15) is 0 Å². The van der Waals surface area contributed by atoms with Crippen LogP contribution >= 0.6 is 0 Å². The molecule has 1 atom stereocenters. The maximum Gasteiger partial charge on any atom is 0.308 e. The van der Waals surface area contributed by atoms with E-state index >= 15 is 0 Å². The number of aliphatic carboxylic acids is 1. The van der Waals surface area contributed by atoms with E-state index in [0.29, 0.717) is 11.1 Å². The highest BCUT2D eigenvalue weighted by molar-refractivity contribution is 7.89. The molecule has 0 aliphatic carbocycles.